The summed E-state index contributed by atoms with van der Waals surface area (Å²) in [7, 11) is 0. The van der Waals surface area contributed by atoms with Crippen molar-refractivity contribution in [1.29, 1.82) is 0 Å². The third kappa shape index (κ3) is 4.40. The number of hydrogen-bond acceptors (Lipinski definition) is 5. The van der Waals surface area contributed by atoms with Gasteiger partial charge in [0.05, 0.1) is 28.2 Å². The molecule has 0 radical (unpaired) electrons. The molecule has 8 rings (SSSR count). The Morgan fingerprint density at radius 2 is 1.94 bits per heavy atom. The lowest BCUT2D eigenvalue weighted by atomic mass is 9.70. The Morgan fingerprint density at radius 1 is 1.11 bits per heavy atom. The summed E-state index contributed by atoms with van der Waals surface area (Å²) < 4.78 is 24.3. The number of carbonyl (C=O) groups is 2. The molecule has 0 aliphatic carbocycles. The van der Waals surface area contributed by atoms with E-state index in [1.54, 1.807) is 42.5 Å². The molecule has 1 aromatic heterocycles. The van der Waals surface area contributed by atoms with Crippen molar-refractivity contribution in [3.63, 3.8) is 0 Å². The van der Waals surface area contributed by atoms with Gasteiger partial charge in [-0.15, -0.1) is 0 Å². The first-order chi connectivity index (χ1) is 22.7. The van der Waals surface area contributed by atoms with E-state index in [-0.39, 0.29) is 22.5 Å². The summed E-state index contributed by atoms with van der Waals surface area (Å²) in [5.41, 5.74) is 2.58. The first kappa shape index (κ1) is 29.9. The highest BCUT2D eigenvalue weighted by Crippen LogP contribution is 2.64. The maximum absolute atomic E-state index is 16.4. The highest BCUT2D eigenvalue weighted by molar-refractivity contribution is 6.31. The number of imidazole rings is 1. The number of halogens is 3. The Hall–Kier alpha value is -4.44. The zero-order chi connectivity index (χ0) is 32.6. The van der Waals surface area contributed by atoms with E-state index in [0.717, 1.165) is 16.8 Å². The summed E-state index contributed by atoms with van der Waals surface area (Å²) in [5, 5.41) is 13.2. The molecule has 2 N–H and O–H groups in total. The van der Waals surface area contributed by atoms with Gasteiger partial charge in [0.1, 0.15) is 22.9 Å². The number of carboxylic acid groups (broad SMARTS) is 1. The lowest BCUT2D eigenvalue weighted by Crippen LogP contribution is -2.51. The average molecular weight is 672 g/mol. The number of likely N-dealkylation sites (tertiary alicyclic amines) is 1. The number of benzene rings is 4. The number of carboxylic acids is 1. The van der Waals surface area contributed by atoms with E-state index in [0.29, 0.717) is 59.3 Å². The maximum atomic E-state index is 16.4. The van der Waals surface area contributed by atoms with Gasteiger partial charge in [-0.2, -0.15) is 0 Å². The number of amides is 1. The predicted octanol–water partition coefficient (Wildman–Crippen LogP) is 7.58. The molecule has 4 atom stereocenters. The number of aryl methyl sites for hydroxylation is 1. The molecule has 238 valence electrons. The number of anilines is 1. The van der Waals surface area contributed by atoms with Crippen LogP contribution in [-0.4, -0.2) is 44.1 Å². The monoisotopic (exact) mass is 670 g/mol. The fourth-order valence-electron chi connectivity index (χ4n) is 8.21. The minimum Gasteiger partial charge on any atom is -0.494 e. The number of aromatic carboxylic acids is 1. The molecule has 0 unspecified atom stereocenters. The Kier molecular flexibility index (Phi) is 7.05. The molecule has 8 nitrogen and oxygen atoms in total. The minimum atomic E-state index is -1.37. The van der Waals surface area contributed by atoms with E-state index in [1.807, 2.05) is 37.3 Å². The third-order valence-electron chi connectivity index (χ3n) is 9.91. The summed E-state index contributed by atoms with van der Waals surface area (Å²) in [6.45, 7) is 3.37. The number of aromatic nitrogens is 2. The lowest BCUT2D eigenvalue weighted by Gasteiger charge is -2.40. The summed E-state index contributed by atoms with van der Waals surface area (Å²) >= 11 is 12.9. The number of nitrogens with zero attached hydrogens (tertiary/aromatic N) is 3. The third-order valence-corrected chi connectivity index (χ3v) is 10.4. The number of hydrogen-bond donors (Lipinski definition) is 2. The van der Waals surface area contributed by atoms with Crippen molar-refractivity contribution in [1.82, 2.24) is 14.5 Å². The van der Waals surface area contributed by atoms with Gasteiger partial charge in [0.2, 0.25) is 5.91 Å². The van der Waals surface area contributed by atoms with Gasteiger partial charge in [-0.25, -0.2) is 14.2 Å². The van der Waals surface area contributed by atoms with Gasteiger partial charge in [0.25, 0.3) is 0 Å². The first-order valence-corrected chi connectivity index (χ1v) is 16.2. The van der Waals surface area contributed by atoms with Crippen LogP contribution in [0.25, 0.3) is 11.0 Å². The Labute approximate surface area is 279 Å². The summed E-state index contributed by atoms with van der Waals surface area (Å²) in [6.07, 6.45) is 0.631. The van der Waals surface area contributed by atoms with Crippen molar-refractivity contribution in [3.05, 3.63) is 123 Å². The predicted molar refractivity (Wildman–Crippen MR) is 177 cm³/mol. The number of carbonyl (C=O) groups excluding carboxylic acids is 1. The maximum Gasteiger partial charge on any atom is 0.335 e. The summed E-state index contributed by atoms with van der Waals surface area (Å²) in [4.78, 5) is 33.9. The highest BCUT2D eigenvalue weighted by atomic mass is 35.5. The largest absolute Gasteiger partial charge is 0.494 e. The molecule has 3 aliphatic rings. The van der Waals surface area contributed by atoms with Gasteiger partial charge >= 0.3 is 5.97 Å². The van der Waals surface area contributed by atoms with Crippen LogP contribution < -0.4 is 10.1 Å². The van der Waals surface area contributed by atoms with E-state index >= 15 is 4.39 Å². The highest BCUT2D eigenvalue weighted by Gasteiger charge is 2.68. The zero-order valence-electron chi connectivity index (χ0n) is 25.2. The van der Waals surface area contributed by atoms with Crippen LogP contribution in [0, 0.1) is 5.82 Å². The normalized spacial score (nSPS) is 23.1. The molecule has 1 fully saturated rings. The Balaban J connectivity index is 1.42. The number of fused-ring (bicyclic) bond motifs is 7. The van der Waals surface area contributed by atoms with Gasteiger partial charge in [-0.3, -0.25) is 9.69 Å². The Morgan fingerprint density at radius 3 is 2.74 bits per heavy atom. The molecular weight excluding hydrogens is 642 g/mol. The van der Waals surface area contributed by atoms with Crippen LogP contribution in [0.2, 0.25) is 10.0 Å². The smallest absolute Gasteiger partial charge is 0.335 e. The van der Waals surface area contributed by atoms with Crippen LogP contribution in [0.5, 0.6) is 5.75 Å². The van der Waals surface area contributed by atoms with Crippen molar-refractivity contribution >= 4 is 51.8 Å². The van der Waals surface area contributed by atoms with Crippen LogP contribution in [0.3, 0.4) is 0 Å². The molecule has 0 bridgehead atoms. The second-order valence-electron chi connectivity index (χ2n) is 12.3. The molecule has 5 aromatic rings. The Bertz CT molecular complexity index is 2120. The second-order valence-corrected chi connectivity index (χ2v) is 13.1. The van der Waals surface area contributed by atoms with E-state index in [2.05, 4.69) is 14.8 Å². The van der Waals surface area contributed by atoms with E-state index < -0.39 is 29.2 Å². The van der Waals surface area contributed by atoms with Crippen molar-refractivity contribution in [2.24, 2.45) is 0 Å². The second kappa shape index (κ2) is 11.1. The summed E-state index contributed by atoms with van der Waals surface area (Å²) in [5.74, 6) is -1.77. The van der Waals surface area contributed by atoms with E-state index in [9.17, 15) is 14.7 Å². The number of nitrogens with one attached hydrogen (secondary N) is 1. The van der Waals surface area contributed by atoms with E-state index in [1.165, 1.54) is 6.07 Å². The molecular formula is C36H29Cl2FN4O4. The van der Waals surface area contributed by atoms with Gasteiger partial charge in [-0.1, -0.05) is 53.5 Å². The molecule has 47 heavy (non-hydrogen) atoms. The zero-order valence-corrected chi connectivity index (χ0v) is 26.7. The van der Waals surface area contributed by atoms with Crippen molar-refractivity contribution in [3.8, 4) is 5.75 Å². The molecule has 4 heterocycles. The molecule has 1 saturated heterocycles. The molecule has 1 amide bonds. The molecule has 4 aromatic carbocycles. The van der Waals surface area contributed by atoms with Gasteiger partial charge in [0.15, 0.2) is 0 Å². The standard InChI is InChI=1S/C36H29Cl2FN4O4/c1-2-47-22-6-3-5-19(15-22)18-43-29-13-14-42-28-12-9-20(34(44)45)16-27(28)40-33(42)30(29)31(23-7-4-8-25(38)32(23)39)36(43)24-11-10-21(37)17-26(24)41-35(36)46/h3-12,15-17,29-31H,2,13-14,18H2,1H3,(H,41,46)(H,44,45)/t29-,30+,31-,36+/m0/s1. The topological polar surface area (TPSA) is 96.7 Å². The fourth-order valence-corrected chi connectivity index (χ4v) is 8.56. The van der Waals surface area contributed by atoms with Crippen LogP contribution in [0.15, 0.2) is 78.9 Å². The van der Waals surface area contributed by atoms with Crippen LogP contribution in [-0.2, 0) is 23.4 Å². The average Bonchev–Trinajstić information content (AvgIpc) is 3.66. The van der Waals surface area contributed by atoms with Gasteiger partial charge in [0, 0.05) is 47.2 Å². The lowest BCUT2D eigenvalue weighted by molar-refractivity contribution is -0.128. The minimum absolute atomic E-state index is 0.0396. The first-order valence-electron chi connectivity index (χ1n) is 15.5. The van der Waals surface area contributed by atoms with Crippen molar-refractivity contribution < 1.29 is 23.8 Å². The van der Waals surface area contributed by atoms with Crippen LogP contribution in [0.1, 0.15) is 58.1 Å². The van der Waals surface area contributed by atoms with Crippen LogP contribution >= 0.6 is 23.2 Å². The molecule has 1 spiro atoms. The molecule has 0 saturated carbocycles. The summed E-state index contributed by atoms with van der Waals surface area (Å²) in [6, 6.07) is 22.7. The van der Waals surface area contributed by atoms with Gasteiger partial charge < -0.3 is 19.7 Å². The fraction of sp³-hybridized carbons (Fsp3) is 0.250. The van der Waals surface area contributed by atoms with Gasteiger partial charge in [-0.05, 0) is 73.0 Å². The SMILES string of the molecule is CCOc1cccc(CN2[C@H]3CCn4c(nc5cc(C(=O)O)ccc54)[C@H]3[C@H](c3cccc(Cl)c3F)[C@]23C(=O)Nc2cc(Cl)ccc23)c1. The quantitative estimate of drug-likeness (QED) is 0.193. The van der Waals surface area contributed by atoms with Crippen molar-refractivity contribution in [2.75, 3.05) is 11.9 Å². The van der Waals surface area contributed by atoms with Crippen molar-refractivity contribution in [2.45, 2.75) is 49.9 Å². The molecule has 11 heteroatoms. The molecule has 3 aliphatic heterocycles. The number of rotatable bonds is 6. The van der Waals surface area contributed by atoms with Crippen LogP contribution in [0.4, 0.5) is 10.1 Å². The van der Waals surface area contributed by atoms with E-state index in [4.69, 9.17) is 32.9 Å². The number of ether oxygens (including phenoxy) is 1.